The van der Waals surface area contributed by atoms with E-state index in [2.05, 4.69) is 27.3 Å². The van der Waals surface area contributed by atoms with Gasteiger partial charge in [-0.15, -0.1) is 16.4 Å². The lowest BCUT2D eigenvalue weighted by Crippen LogP contribution is -2.23. The van der Waals surface area contributed by atoms with E-state index in [0.717, 1.165) is 15.8 Å². The van der Waals surface area contributed by atoms with Gasteiger partial charge in [0.15, 0.2) is 11.5 Å². The SMILES string of the molecule is CCN(Cc1ccccc1)c1nc2c(S(=O)(=O)c3cccc(Cl)c3)nnn2c2ccsc12. The number of hydrogen-bond donors (Lipinski definition) is 0. The van der Waals surface area contributed by atoms with E-state index in [0.29, 0.717) is 23.9 Å². The normalized spacial score (nSPS) is 11.9. The molecule has 0 atom stereocenters. The molecule has 0 aliphatic rings. The highest BCUT2D eigenvalue weighted by molar-refractivity contribution is 7.91. The third-order valence-electron chi connectivity index (χ3n) is 5.16. The Bertz CT molecular complexity index is 1530. The molecule has 0 unspecified atom stereocenters. The average Bonchev–Trinajstić information content (AvgIpc) is 3.45. The van der Waals surface area contributed by atoms with Crippen molar-refractivity contribution in [2.45, 2.75) is 23.4 Å². The molecule has 3 aromatic heterocycles. The first-order valence-corrected chi connectivity index (χ1v) is 12.6. The molecule has 0 fully saturated rings. The zero-order chi connectivity index (χ0) is 22.3. The first-order valence-electron chi connectivity index (χ1n) is 9.91. The predicted octanol–water partition coefficient (Wildman–Crippen LogP) is 4.85. The summed E-state index contributed by atoms with van der Waals surface area (Å²) >= 11 is 7.57. The minimum atomic E-state index is -3.96. The highest BCUT2D eigenvalue weighted by Gasteiger charge is 2.28. The van der Waals surface area contributed by atoms with Crippen molar-refractivity contribution in [1.82, 2.24) is 19.8 Å². The number of anilines is 1. The van der Waals surface area contributed by atoms with E-state index in [9.17, 15) is 8.42 Å². The zero-order valence-corrected chi connectivity index (χ0v) is 19.4. The fourth-order valence-electron chi connectivity index (χ4n) is 3.58. The predicted molar refractivity (Wildman–Crippen MR) is 126 cm³/mol. The average molecular weight is 484 g/mol. The Labute approximate surface area is 193 Å². The highest BCUT2D eigenvalue weighted by atomic mass is 35.5. The fourth-order valence-corrected chi connectivity index (χ4v) is 6.01. The van der Waals surface area contributed by atoms with E-state index in [1.54, 1.807) is 12.1 Å². The maximum atomic E-state index is 13.4. The van der Waals surface area contributed by atoms with Crippen LogP contribution < -0.4 is 4.90 Å². The summed E-state index contributed by atoms with van der Waals surface area (Å²) in [4.78, 5) is 6.95. The Morgan fingerprint density at radius 2 is 1.91 bits per heavy atom. The summed E-state index contributed by atoms with van der Waals surface area (Å²) in [5, 5.41) is 10.2. The first kappa shape index (κ1) is 20.9. The second-order valence-corrected chi connectivity index (χ2v) is 10.4. The summed E-state index contributed by atoms with van der Waals surface area (Å²) in [5.41, 5.74) is 2.10. The van der Waals surface area contributed by atoms with Crippen LogP contribution in [0, 0.1) is 0 Å². The molecular weight excluding hydrogens is 466 g/mol. The van der Waals surface area contributed by atoms with Crippen LogP contribution in [0.5, 0.6) is 0 Å². The molecule has 32 heavy (non-hydrogen) atoms. The van der Waals surface area contributed by atoms with Gasteiger partial charge in [0.25, 0.3) is 0 Å². The zero-order valence-electron chi connectivity index (χ0n) is 17.0. The van der Waals surface area contributed by atoms with Crippen LogP contribution in [0.2, 0.25) is 5.02 Å². The van der Waals surface area contributed by atoms with Crippen LogP contribution in [0.3, 0.4) is 0 Å². The van der Waals surface area contributed by atoms with Gasteiger partial charge < -0.3 is 4.90 Å². The van der Waals surface area contributed by atoms with Gasteiger partial charge in [0, 0.05) is 18.1 Å². The molecule has 10 heteroatoms. The summed E-state index contributed by atoms with van der Waals surface area (Å²) in [6, 6.07) is 18.1. The Morgan fingerprint density at radius 3 is 2.66 bits per heavy atom. The molecule has 0 N–H and O–H groups in total. The van der Waals surface area contributed by atoms with Crippen molar-refractivity contribution < 1.29 is 8.42 Å². The molecule has 0 bridgehead atoms. The summed E-state index contributed by atoms with van der Waals surface area (Å²) in [5.74, 6) is 0.707. The maximum Gasteiger partial charge on any atom is 0.229 e. The molecule has 0 spiro atoms. The van der Waals surface area contributed by atoms with Crippen molar-refractivity contribution in [2.24, 2.45) is 0 Å². The lowest BCUT2D eigenvalue weighted by Gasteiger charge is -2.23. The first-order chi connectivity index (χ1) is 15.5. The number of halogens is 1. The van der Waals surface area contributed by atoms with E-state index in [1.165, 1.54) is 28.0 Å². The van der Waals surface area contributed by atoms with Gasteiger partial charge in [-0.25, -0.2) is 13.4 Å². The second-order valence-electron chi connectivity index (χ2n) is 7.16. The van der Waals surface area contributed by atoms with E-state index in [-0.39, 0.29) is 15.6 Å². The lowest BCUT2D eigenvalue weighted by molar-refractivity contribution is 0.592. The number of benzene rings is 2. The number of rotatable bonds is 6. The standard InChI is InChI=1S/C22H18ClN5O2S2/c1-2-27(14-15-7-4-3-5-8-15)20-19-18(11-12-31-19)28-21(24-20)22(25-26-28)32(29,30)17-10-6-9-16(23)13-17/h3-13H,2,14H2,1H3. The smallest absolute Gasteiger partial charge is 0.229 e. The minimum Gasteiger partial charge on any atom is -0.351 e. The van der Waals surface area contributed by atoms with Gasteiger partial charge in [0.05, 0.1) is 15.1 Å². The van der Waals surface area contributed by atoms with Gasteiger partial charge in [0.1, 0.15) is 0 Å². The largest absolute Gasteiger partial charge is 0.351 e. The van der Waals surface area contributed by atoms with Crippen LogP contribution in [0.1, 0.15) is 12.5 Å². The van der Waals surface area contributed by atoms with Crippen LogP contribution in [0.15, 0.2) is 76.0 Å². The Morgan fingerprint density at radius 1 is 1.09 bits per heavy atom. The summed E-state index contributed by atoms with van der Waals surface area (Å²) in [6.45, 7) is 3.39. The topological polar surface area (TPSA) is 80.5 Å². The van der Waals surface area contributed by atoms with Crippen LogP contribution in [-0.2, 0) is 16.4 Å². The van der Waals surface area contributed by atoms with Crippen molar-refractivity contribution in [3.05, 3.63) is 76.6 Å². The molecule has 5 aromatic rings. The van der Waals surface area contributed by atoms with E-state index >= 15 is 0 Å². The van der Waals surface area contributed by atoms with Gasteiger partial charge in [-0.2, -0.15) is 4.52 Å². The number of nitrogens with zero attached hydrogens (tertiary/aromatic N) is 5. The van der Waals surface area contributed by atoms with Gasteiger partial charge >= 0.3 is 0 Å². The van der Waals surface area contributed by atoms with E-state index in [1.807, 2.05) is 36.6 Å². The fraction of sp³-hybridized carbons (Fsp3) is 0.136. The maximum absolute atomic E-state index is 13.4. The molecule has 0 saturated heterocycles. The quantitative estimate of drug-likeness (QED) is 0.343. The molecule has 3 heterocycles. The van der Waals surface area contributed by atoms with Crippen LogP contribution in [0.4, 0.5) is 5.82 Å². The summed E-state index contributed by atoms with van der Waals surface area (Å²) in [7, 11) is -3.96. The second kappa shape index (κ2) is 8.16. The van der Waals surface area contributed by atoms with Crippen molar-refractivity contribution in [3.63, 3.8) is 0 Å². The highest BCUT2D eigenvalue weighted by Crippen LogP contribution is 2.34. The van der Waals surface area contributed by atoms with Gasteiger partial charge in [-0.05, 0) is 42.1 Å². The van der Waals surface area contributed by atoms with Gasteiger partial charge in [0.2, 0.25) is 14.9 Å². The van der Waals surface area contributed by atoms with Crippen LogP contribution in [0.25, 0.3) is 15.9 Å². The van der Waals surface area contributed by atoms with Gasteiger partial charge in [-0.1, -0.05) is 53.2 Å². The van der Waals surface area contributed by atoms with Crippen molar-refractivity contribution in [1.29, 1.82) is 0 Å². The number of sulfone groups is 1. The lowest BCUT2D eigenvalue weighted by atomic mass is 10.2. The van der Waals surface area contributed by atoms with E-state index in [4.69, 9.17) is 16.6 Å². The Hall–Kier alpha value is -3.01. The third kappa shape index (κ3) is 3.52. The summed E-state index contributed by atoms with van der Waals surface area (Å²) in [6.07, 6.45) is 0. The number of thiophene rings is 1. The molecule has 0 radical (unpaired) electrons. The van der Waals surface area contributed by atoms with Crippen LogP contribution >= 0.6 is 22.9 Å². The Kier molecular flexibility index (Phi) is 5.32. The molecule has 5 rings (SSSR count). The minimum absolute atomic E-state index is 0.0535. The molecule has 0 aliphatic carbocycles. The molecule has 0 aliphatic heterocycles. The van der Waals surface area contributed by atoms with Crippen molar-refractivity contribution >= 4 is 54.5 Å². The van der Waals surface area contributed by atoms with Crippen molar-refractivity contribution in [2.75, 3.05) is 11.4 Å². The molecule has 162 valence electrons. The Balaban J connectivity index is 1.70. The number of hydrogen-bond acceptors (Lipinski definition) is 7. The molecular formula is C22H18ClN5O2S2. The number of aromatic nitrogens is 4. The summed E-state index contributed by atoms with van der Waals surface area (Å²) < 4.78 is 29.1. The molecule has 7 nitrogen and oxygen atoms in total. The third-order valence-corrected chi connectivity index (χ3v) is 7.95. The molecule has 0 saturated carbocycles. The van der Waals surface area contributed by atoms with Gasteiger partial charge in [-0.3, -0.25) is 0 Å². The molecule has 2 aromatic carbocycles. The molecule has 0 amide bonds. The van der Waals surface area contributed by atoms with Crippen molar-refractivity contribution in [3.8, 4) is 0 Å². The monoisotopic (exact) mass is 483 g/mol. The van der Waals surface area contributed by atoms with Crippen LogP contribution in [-0.4, -0.2) is 34.8 Å². The van der Waals surface area contributed by atoms with E-state index < -0.39 is 9.84 Å². The number of fused-ring (bicyclic) bond motifs is 3.